The number of para-hydroxylation sites is 1. The molecule has 0 fully saturated rings. The number of hydrogen-bond acceptors (Lipinski definition) is 2. The second-order valence-electron chi connectivity index (χ2n) is 5.37. The molecule has 3 nitrogen and oxygen atoms in total. The molecule has 0 spiro atoms. The van der Waals surface area contributed by atoms with Gasteiger partial charge in [-0.05, 0) is 24.1 Å². The molecule has 0 saturated carbocycles. The molecule has 0 aliphatic rings. The number of aromatic nitrogens is 1. The molecule has 22 heavy (non-hydrogen) atoms. The third-order valence-corrected chi connectivity index (χ3v) is 3.74. The number of nitrogens with one attached hydrogen (secondary N) is 1. The van der Waals surface area contributed by atoms with Crippen LogP contribution in [0, 0.1) is 0 Å². The van der Waals surface area contributed by atoms with Crippen LogP contribution in [-0.4, -0.2) is 10.9 Å². The minimum absolute atomic E-state index is 0.00312. The highest BCUT2D eigenvalue weighted by Gasteiger charge is 2.11. The highest BCUT2D eigenvalue weighted by Crippen LogP contribution is 2.17. The van der Waals surface area contributed by atoms with E-state index in [9.17, 15) is 4.79 Å². The van der Waals surface area contributed by atoms with E-state index < -0.39 is 0 Å². The van der Waals surface area contributed by atoms with Crippen molar-refractivity contribution in [1.29, 1.82) is 0 Å². The summed E-state index contributed by atoms with van der Waals surface area (Å²) >= 11 is 0. The van der Waals surface area contributed by atoms with Crippen LogP contribution in [0.2, 0.25) is 0 Å². The van der Waals surface area contributed by atoms with Crippen molar-refractivity contribution < 1.29 is 4.79 Å². The van der Waals surface area contributed by atoms with Crippen LogP contribution in [-0.2, 0) is 11.2 Å². The smallest absolute Gasteiger partial charge is 0.224 e. The van der Waals surface area contributed by atoms with Gasteiger partial charge in [0.05, 0.1) is 18.0 Å². The average Bonchev–Trinajstić information content (AvgIpc) is 2.56. The Morgan fingerprint density at radius 3 is 2.64 bits per heavy atom. The van der Waals surface area contributed by atoms with Gasteiger partial charge in [-0.1, -0.05) is 54.6 Å². The fourth-order valence-corrected chi connectivity index (χ4v) is 2.60. The van der Waals surface area contributed by atoms with Crippen molar-refractivity contribution in [3.05, 3.63) is 78.0 Å². The van der Waals surface area contributed by atoms with Gasteiger partial charge in [0.1, 0.15) is 0 Å². The van der Waals surface area contributed by atoms with Crippen molar-refractivity contribution in [3.8, 4) is 0 Å². The summed E-state index contributed by atoms with van der Waals surface area (Å²) in [5.41, 5.74) is 2.95. The number of benzene rings is 2. The van der Waals surface area contributed by atoms with E-state index in [0.29, 0.717) is 6.42 Å². The van der Waals surface area contributed by atoms with Crippen molar-refractivity contribution in [2.75, 3.05) is 0 Å². The SMILES string of the molecule is CC(NC(=O)Cc1cccc2cccnc12)c1ccccc1. The number of carbonyl (C=O) groups excluding carboxylic acids is 1. The zero-order valence-electron chi connectivity index (χ0n) is 12.5. The highest BCUT2D eigenvalue weighted by molar-refractivity contribution is 5.87. The van der Waals surface area contributed by atoms with E-state index in [1.165, 1.54) is 0 Å². The highest BCUT2D eigenvalue weighted by atomic mass is 16.1. The molecule has 1 heterocycles. The molecular weight excluding hydrogens is 272 g/mol. The molecule has 0 radical (unpaired) electrons. The molecule has 1 N–H and O–H groups in total. The van der Waals surface area contributed by atoms with Crippen LogP contribution in [0.3, 0.4) is 0 Å². The first-order valence-corrected chi connectivity index (χ1v) is 7.41. The summed E-state index contributed by atoms with van der Waals surface area (Å²) < 4.78 is 0. The molecule has 1 amide bonds. The lowest BCUT2D eigenvalue weighted by atomic mass is 10.1. The first-order chi connectivity index (χ1) is 10.7. The Morgan fingerprint density at radius 1 is 1.05 bits per heavy atom. The average molecular weight is 290 g/mol. The normalized spacial score (nSPS) is 12.0. The molecule has 0 aliphatic carbocycles. The van der Waals surface area contributed by atoms with Crippen LogP contribution in [0.1, 0.15) is 24.1 Å². The van der Waals surface area contributed by atoms with E-state index in [-0.39, 0.29) is 11.9 Å². The Bertz CT molecular complexity index is 778. The van der Waals surface area contributed by atoms with E-state index in [1.54, 1.807) is 6.20 Å². The lowest BCUT2D eigenvalue weighted by molar-refractivity contribution is -0.121. The Balaban J connectivity index is 1.74. The van der Waals surface area contributed by atoms with Crippen molar-refractivity contribution in [2.45, 2.75) is 19.4 Å². The number of pyridine rings is 1. The molecule has 2 aromatic carbocycles. The maximum absolute atomic E-state index is 12.3. The zero-order chi connectivity index (χ0) is 15.4. The summed E-state index contributed by atoms with van der Waals surface area (Å²) in [6, 6.07) is 19.8. The molecule has 0 bridgehead atoms. The standard InChI is InChI=1S/C19H18N2O/c1-14(15-7-3-2-4-8-15)21-18(22)13-17-10-5-9-16-11-6-12-20-19(16)17/h2-12,14H,13H2,1H3,(H,21,22). The van der Waals surface area contributed by atoms with Gasteiger partial charge in [0.25, 0.3) is 0 Å². The third-order valence-electron chi connectivity index (χ3n) is 3.74. The Morgan fingerprint density at radius 2 is 1.82 bits per heavy atom. The first kappa shape index (κ1) is 14.3. The van der Waals surface area contributed by atoms with Gasteiger partial charge in [0.2, 0.25) is 5.91 Å². The molecular formula is C19H18N2O. The van der Waals surface area contributed by atoms with Gasteiger partial charge in [-0.15, -0.1) is 0 Å². The summed E-state index contributed by atoms with van der Waals surface area (Å²) in [5.74, 6) is 0.00880. The number of rotatable bonds is 4. The second-order valence-corrected chi connectivity index (χ2v) is 5.37. The Labute approximate surface area is 130 Å². The minimum Gasteiger partial charge on any atom is -0.349 e. The monoisotopic (exact) mass is 290 g/mol. The molecule has 0 aliphatic heterocycles. The fraction of sp³-hybridized carbons (Fsp3) is 0.158. The lowest BCUT2D eigenvalue weighted by Gasteiger charge is -2.14. The molecule has 1 atom stereocenters. The molecule has 1 aromatic heterocycles. The lowest BCUT2D eigenvalue weighted by Crippen LogP contribution is -2.28. The molecule has 0 saturated heterocycles. The maximum atomic E-state index is 12.3. The predicted octanol–water partition coefficient (Wildman–Crippen LogP) is 3.65. The summed E-state index contributed by atoms with van der Waals surface area (Å²) in [6.45, 7) is 1.99. The molecule has 1 unspecified atom stereocenters. The van der Waals surface area contributed by atoms with E-state index in [1.807, 2.05) is 67.6 Å². The minimum atomic E-state index is -0.00312. The third kappa shape index (κ3) is 3.14. The first-order valence-electron chi connectivity index (χ1n) is 7.41. The van der Waals surface area contributed by atoms with E-state index >= 15 is 0 Å². The van der Waals surface area contributed by atoms with E-state index in [0.717, 1.165) is 22.0 Å². The van der Waals surface area contributed by atoms with E-state index in [4.69, 9.17) is 0 Å². The molecule has 3 heteroatoms. The van der Waals surface area contributed by atoms with Gasteiger partial charge in [-0.25, -0.2) is 0 Å². The molecule has 110 valence electrons. The van der Waals surface area contributed by atoms with Crippen LogP contribution in [0.25, 0.3) is 10.9 Å². The van der Waals surface area contributed by atoms with Crippen LogP contribution in [0.5, 0.6) is 0 Å². The Hall–Kier alpha value is -2.68. The van der Waals surface area contributed by atoms with Gasteiger partial charge >= 0.3 is 0 Å². The van der Waals surface area contributed by atoms with Crippen molar-refractivity contribution in [1.82, 2.24) is 10.3 Å². The van der Waals surface area contributed by atoms with Gasteiger partial charge in [0.15, 0.2) is 0 Å². The fourth-order valence-electron chi connectivity index (χ4n) is 2.60. The van der Waals surface area contributed by atoms with Crippen LogP contribution < -0.4 is 5.32 Å². The van der Waals surface area contributed by atoms with Crippen molar-refractivity contribution in [3.63, 3.8) is 0 Å². The van der Waals surface area contributed by atoms with Crippen molar-refractivity contribution >= 4 is 16.8 Å². The van der Waals surface area contributed by atoms with Gasteiger partial charge in [-0.3, -0.25) is 9.78 Å². The number of fused-ring (bicyclic) bond motifs is 1. The number of hydrogen-bond donors (Lipinski definition) is 1. The summed E-state index contributed by atoms with van der Waals surface area (Å²) in [7, 11) is 0. The number of amides is 1. The predicted molar refractivity (Wildman–Crippen MR) is 88.4 cm³/mol. The maximum Gasteiger partial charge on any atom is 0.224 e. The van der Waals surface area contributed by atoms with Gasteiger partial charge < -0.3 is 5.32 Å². The quantitative estimate of drug-likeness (QED) is 0.797. The van der Waals surface area contributed by atoms with Gasteiger partial charge in [-0.2, -0.15) is 0 Å². The Kier molecular flexibility index (Phi) is 4.15. The van der Waals surface area contributed by atoms with Crippen LogP contribution >= 0.6 is 0 Å². The molecule has 3 aromatic rings. The summed E-state index contributed by atoms with van der Waals surface area (Å²) in [4.78, 5) is 16.7. The van der Waals surface area contributed by atoms with Crippen LogP contribution in [0.15, 0.2) is 66.9 Å². The summed E-state index contributed by atoms with van der Waals surface area (Å²) in [5, 5.41) is 4.10. The number of nitrogens with zero attached hydrogens (tertiary/aromatic N) is 1. The molecule has 3 rings (SSSR count). The topological polar surface area (TPSA) is 42.0 Å². The van der Waals surface area contributed by atoms with E-state index in [2.05, 4.69) is 10.3 Å². The summed E-state index contributed by atoms with van der Waals surface area (Å²) in [6.07, 6.45) is 2.10. The zero-order valence-corrected chi connectivity index (χ0v) is 12.5. The second kappa shape index (κ2) is 6.39. The largest absolute Gasteiger partial charge is 0.349 e. The van der Waals surface area contributed by atoms with Crippen molar-refractivity contribution in [2.24, 2.45) is 0 Å². The van der Waals surface area contributed by atoms with Gasteiger partial charge in [0, 0.05) is 11.6 Å². The number of carbonyl (C=O) groups is 1. The van der Waals surface area contributed by atoms with Crippen LogP contribution in [0.4, 0.5) is 0 Å².